The van der Waals surface area contributed by atoms with E-state index in [0.29, 0.717) is 5.56 Å². The average Bonchev–Trinajstić information content (AvgIpc) is 2.52. The number of aliphatic hydroxyl groups is 1. The van der Waals surface area contributed by atoms with Gasteiger partial charge in [-0.1, -0.05) is 0 Å². The Morgan fingerprint density at radius 2 is 2.31 bits per heavy atom. The third-order valence-electron chi connectivity index (χ3n) is 1.84. The second-order valence-electron chi connectivity index (χ2n) is 3.08. The van der Waals surface area contributed by atoms with Gasteiger partial charge in [-0.25, -0.2) is 4.79 Å². The van der Waals surface area contributed by atoms with Crippen LogP contribution in [-0.2, 0) is 5.54 Å². The van der Waals surface area contributed by atoms with Gasteiger partial charge in [-0.2, -0.15) is 11.3 Å². The Morgan fingerprint density at radius 3 is 2.77 bits per heavy atom. The van der Waals surface area contributed by atoms with Crippen LogP contribution in [0.1, 0.15) is 22.8 Å². The van der Waals surface area contributed by atoms with Gasteiger partial charge in [0.1, 0.15) is 0 Å². The number of aromatic carboxylic acids is 1. The van der Waals surface area contributed by atoms with E-state index in [2.05, 4.69) is 0 Å². The largest absolute Gasteiger partial charge is 0.478 e. The van der Waals surface area contributed by atoms with Crippen molar-refractivity contribution in [3.63, 3.8) is 0 Å². The van der Waals surface area contributed by atoms with Crippen molar-refractivity contribution in [2.75, 3.05) is 6.61 Å². The number of carboxylic acids is 1. The van der Waals surface area contributed by atoms with Gasteiger partial charge in [0.25, 0.3) is 0 Å². The predicted octanol–water partition coefficient (Wildman–Crippen LogP) is 0.613. The molecule has 0 saturated heterocycles. The Morgan fingerprint density at radius 1 is 1.69 bits per heavy atom. The lowest BCUT2D eigenvalue weighted by Crippen LogP contribution is -2.37. The zero-order chi connectivity index (χ0) is 10.1. The first-order valence-corrected chi connectivity index (χ1v) is 4.63. The number of hydrogen-bond acceptors (Lipinski definition) is 4. The molecule has 0 bridgehead atoms. The number of carboxylic acid groups (broad SMARTS) is 1. The predicted molar refractivity (Wildman–Crippen MR) is 49.9 cm³/mol. The molecule has 1 heterocycles. The normalized spacial score (nSPS) is 15.3. The molecule has 1 rings (SSSR count). The minimum atomic E-state index is -1.01. The van der Waals surface area contributed by atoms with Crippen LogP contribution in [0.2, 0.25) is 0 Å². The second kappa shape index (κ2) is 3.45. The average molecular weight is 201 g/mol. The first kappa shape index (κ1) is 10.2. The maximum absolute atomic E-state index is 10.7. The van der Waals surface area contributed by atoms with Gasteiger partial charge in [-0.3, -0.25) is 0 Å². The maximum atomic E-state index is 10.7. The lowest BCUT2D eigenvalue weighted by atomic mass is 9.93. The molecule has 0 spiro atoms. The van der Waals surface area contributed by atoms with Gasteiger partial charge >= 0.3 is 5.97 Å². The van der Waals surface area contributed by atoms with Gasteiger partial charge in [0.15, 0.2) is 0 Å². The van der Waals surface area contributed by atoms with Crippen molar-refractivity contribution < 1.29 is 15.0 Å². The van der Waals surface area contributed by atoms with Gasteiger partial charge in [-0.15, -0.1) is 0 Å². The van der Waals surface area contributed by atoms with Crippen LogP contribution in [-0.4, -0.2) is 22.8 Å². The zero-order valence-corrected chi connectivity index (χ0v) is 7.97. The highest BCUT2D eigenvalue weighted by Gasteiger charge is 2.26. The zero-order valence-electron chi connectivity index (χ0n) is 7.15. The Balaban J connectivity index is 3.14. The fourth-order valence-corrected chi connectivity index (χ4v) is 1.95. The molecule has 0 aliphatic heterocycles. The SMILES string of the molecule is C[C@@](N)(CO)c1cscc1C(=O)O. The first-order chi connectivity index (χ1) is 5.99. The molecule has 1 atom stereocenters. The van der Waals surface area contributed by atoms with E-state index in [1.807, 2.05) is 0 Å². The molecule has 0 aromatic carbocycles. The van der Waals surface area contributed by atoms with E-state index in [-0.39, 0.29) is 12.2 Å². The molecule has 0 aliphatic carbocycles. The molecule has 5 heteroatoms. The van der Waals surface area contributed by atoms with Crippen LogP contribution in [0.25, 0.3) is 0 Å². The topological polar surface area (TPSA) is 83.5 Å². The Kier molecular flexibility index (Phi) is 2.70. The van der Waals surface area contributed by atoms with E-state index >= 15 is 0 Å². The molecule has 4 N–H and O–H groups in total. The van der Waals surface area contributed by atoms with Gasteiger partial charge in [-0.05, 0) is 17.9 Å². The summed E-state index contributed by atoms with van der Waals surface area (Å²) in [6.45, 7) is 1.32. The standard InChI is InChI=1S/C8H11NO3S/c1-8(9,4-10)6-3-13-2-5(6)7(11)12/h2-3,10H,4,9H2,1H3,(H,11,12)/t8-/m1/s1. The molecule has 0 radical (unpaired) electrons. The molecule has 4 nitrogen and oxygen atoms in total. The molecular weight excluding hydrogens is 190 g/mol. The maximum Gasteiger partial charge on any atom is 0.336 e. The van der Waals surface area contributed by atoms with E-state index < -0.39 is 11.5 Å². The first-order valence-electron chi connectivity index (χ1n) is 3.68. The molecule has 0 aliphatic rings. The lowest BCUT2D eigenvalue weighted by molar-refractivity contribution is 0.0693. The van der Waals surface area contributed by atoms with E-state index in [0.717, 1.165) is 0 Å². The van der Waals surface area contributed by atoms with Crippen molar-refractivity contribution in [1.82, 2.24) is 0 Å². The van der Waals surface area contributed by atoms with Crippen molar-refractivity contribution >= 4 is 17.3 Å². The van der Waals surface area contributed by atoms with Crippen molar-refractivity contribution in [1.29, 1.82) is 0 Å². The van der Waals surface area contributed by atoms with Crippen LogP contribution < -0.4 is 5.73 Å². The fourth-order valence-electron chi connectivity index (χ4n) is 0.990. The van der Waals surface area contributed by atoms with E-state index in [1.165, 1.54) is 16.7 Å². The Bertz CT molecular complexity index is 319. The van der Waals surface area contributed by atoms with E-state index in [4.69, 9.17) is 15.9 Å². The van der Waals surface area contributed by atoms with E-state index in [1.54, 1.807) is 12.3 Å². The summed E-state index contributed by atoms with van der Waals surface area (Å²) in [7, 11) is 0. The molecule has 0 fully saturated rings. The molecule has 1 aromatic heterocycles. The van der Waals surface area contributed by atoms with Gasteiger partial charge in [0, 0.05) is 5.38 Å². The third kappa shape index (κ3) is 1.88. The highest BCUT2D eigenvalue weighted by Crippen LogP contribution is 2.25. The number of thiophene rings is 1. The van der Waals surface area contributed by atoms with Crippen LogP contribution in [0.3, 0.4) is 0 Å². The summed E-state index contributed by atoms with van der Waals surface area (Å²) in [5.74, 6) is -1.01. The summed E-state index contributed by atoms with van der Waals surface area (Å²) in [6.07, 6.45) is 0. The lowest BCUT2D eigenvalue weighted by Gasteiger charge is -2.21. The molecule has 72 valence electrons. The molecular formula is C8H11NO3S. The molecule has 1 aromatic rings. The smallest absolute Gasteiger partial charge is 0.336 e. The minimum Gasteiger partial charge on any atom is -0.478 e. The van der Waals surface area contributed by atoms with Crippen LogP contribution >= 0.6 is 11.3 Å². The van der Waals surface area contributed by atoms with Gasteiger partial charge in [0.05, 0.1) is 17.7 Å². The number of aliphatic hydroxyl groups excluding tert-OH is 1. The monoisotopic (exact) mass is 201 g/mol. The van der Waals surface area contributed by atoms with Crippen LogP contribution in [0, 0.1) is 0 Å². The van der Waals surface area contributed by atoms with Crippen molar-refractivity contribution in [3.8, 4) is 0 Å². The molecule has 0 unspecified atom stereocenters. The molecule has 0 saturated carbocycles. The Labute approximate surface area is 79.6 Å². The van der Waals surface area contributed by atoms with Crippen molar-refractivity contribution in [3.05, 3.63) is 21.9 Å². The molecule has 0 amide bonds. The molecule has 13 heavy (non-hydrogen) atoms. The van der Waals surface area contributed by atoms with Crippen LogP contribution in [0.5, 0.6) is 0 Å². The number of hydrogen-bond donors (Lipinski definition) is 3. The summed E-state index contributed by atoms with van der Waals surface area (Å²) in [4.78, 5) is 10.7. The van der Waals surface area contributed by atoms with Crippen molar-refractivity contribution in [2.24, 2.45) is 5.73 Å². The number of rotatable bonds is 3. The number of carbonyl (C=O) groups is 1. The fraction of sp³-hybridized carbons (Fsp3) is 0.375. The van der Waals surface area contributed by atoms with Crippen molar-refractivity contribution in [2.45, 2.75) is 12.5 Å². The van der Waals surface area contributed by atoms with Gasteiger partial charge in [0.2, 0.25) is 0 Å². The second-order valence-corrected chi connectivity index (χ2v) is 3.82. The summed E-state index contributed by atoms with van der Waals surface area (Å²) in [6, 6.07) is 0. The van der Waals surface area contributed by atoms with Crippen LogP contribution in [0.15, 0.2) is 10.8 Å². The van der Waals surface area contributed by atoms with E-state index in [9.17, 15) is 4.79 Å². The third-order valence-corrected chi connectivity index (χ3v) is 2.58. The minimum absolute atomic E-state index is 0.170. The highest BCUT2D eigenvalue weighted by molar-refractivity contribution is 7.08. The van der Waals surface area contributed by atoms with Crippen LogP contribution in [0.4, 0.5) is 0 Å². The summed E-state index contributed by atoms with van der Waals surface area (Å²) >= 11 is 1.26. The summed E-state index contributed by atoms with van der Waals surface area (Å²) < 4.78 is 0. The summed E-state index contributed by atoms with van der Waals surface area (Å²) in [5, 5.41) is 20.9. The van der Waals surface area contributed by atoms with Gasteiger partial charge < -0.3 is 15.9 Å². The Hall–Kier alpha value is -0.910. The highest BCUT2D eigenvalue weighted by atomic mass is 32.1. The number of nitrogens with two attached hydrogens (primary N) is 1. The summed E-state index contributed by atoms with van der Waals surface area (Å²) in [5.41, 5.74) is 5.38. The quantitative estimate of drug-likeness (QED) is 0.669.